The molecule has 2 atom stereocenters. The molecule has 1 fully saturated rings. The van der Waals surface area contributed by atoms with Gasteiger partial charge in [0.15, 0.2) is 0 Å². The topological polar surface area (TPSA) is 55.9 Å². The second-order valence-corrected chi connectivity index (χ2v) is 5.94. The number of nitrogens with two attached hydrogens (primary N) is 1. The van der Waals surface area contributed by atoms with Crippen LogP contribution in [0.15, 0.2) is 42.7 Å². The lowest BCUT2D eigenvalue weighted by Crippen LogP contribution is -2.36. The van der Waals surface area contributed by atoms with Crippen LogP contribution in [0.25, 0.3) is 0 Å². The minimum atomic E-state index is 0.498. The van der Waals surface area contributed by atoms with E-state index >= 15 is 0 Å². The van der Waals surface area contributed by atoms with Gasteiger partial charge in [0.1, 0.15) is 0 Å². The molecule has 3 N–H and O–H groups in total. The van der Waals surface area contributed by atoms with Crippen molar-refractivity contribution in [2.75, 3.05) is 11.9 Å². The van der Waals surface area contributed by atoms with Crippen LogP contribution in [0.1, 0.15) is 31.2 Å². The molecule has 3 rings (SSSR count). The highest BCUT2D eigenvalue weighted by Gasteiger charge is 2.23. The molecule has 2 unspecified atom stereocenters. The average Bonchev–Trinajstić information content (AvgIpc) is 2.96. The molecule has 0 bridgehead atoms. The zero-order valence-corrected chi connectivity index (χ0v) is 12.4. The molecular weight excluding hydrogens is 260 g/mol. The Bertz CT molecular complexity index is 549. The first-order valence-electron chi connectivity index (χ1n) is 7.88. The van der Waals surface area contributed by atoms with Crippen molar-refractivity contribution in [2.45, 2.75) is 38.3 Å². The average molecular weight is 284 g/mol. The van der Waals surface area contributed by atoms with Gasteiger partial charge in [0.05, 0.1) is 18.4 Å². The molecule has 4 heteroatoms. The van der Waals surface area contributed by atoms with Crippen LogP contribution in [0.2, 0.25) is 0 Å². The number of aromatic nitrogens is 2. The second-order valence-electron chi connectivity index (χ2n) is 5.94. The van der Waals surface area contributed by atoms with Crippen molar-refractivity contribution in [3.8, 4) is 0 Å². The van der Waals surface area contributed by atoms with E-state index in [0.29, 0.717) is 12.0 Å². The minimum Gasteiger partial charge on any atom is -0.379 e. The van der Waals surface area contributed by atoms with Gasteiger partial charge in [-0.3, -0.25) is 4.68 Å². The Labute approximate surface area is 126 Å². The number of anilines is 1. The number of benzene rings is 1. The third-order valence-corrected chi connectivity index (χ3v) is 4.38. The fraction of sp³-hybridized carbons (Fsp3) is 0.471. The van der Waals surface area contributed by atoms with Gasteiger partial charge in [-0.25, -0.2) is 0 Å². The Morgan fingerprint density at radius 3 is 2.81 bits per heavy atom. The summed E-state index contributed by atoms with van der Waals surface area (Å²) in [4.78, 5) is 0. The monoisotopic (exact) mass is 284 g/mol. The summed E-state index contributed by atoms with van der Waals surface area (Å²) in [6.07, 6.45) is 9.08. The van der Waals surface area contributed by atoms with Crippen LogP contribution in [0.4, 0.5) is 5.69 Å². The van der Waals surface area contributed by atoms with Crippen molar-refractivity contribution in [1.82, 2.24) is 9.78 Å². The molecule has 0 saturated heterocycles. The third-order valence-electron chi connectivity index (χ3n) is 4.38. The fourth-order valence-electron chi connectivity index (χ4n) is 3.19. The van der Waals surface area contributed by atoms with E-state index in [-0.39, 0.29) is 0 Å². The summed E-state index contributed by atoms with van der Waals surface area (Å²) in [5.74, 6) is 0.594. The van der Waals surface area contributed by atoms with Gasteiger partial charge in [-0.2, -0.15) is 5.10 Å². The van der Waals surface area contributed by atoms with Crippen LogP contribution < -0.4 is 11.1 Å². The summed E-state index contributed by atoms with van der Waals surface area (Å²) < 4.78 is 1.98. The van der Waals surface area contributed by atoms with Crippen LogP contribution >= 0.6 is 0 Å². The fourth-order valence-corrected chi connectivity index (χ4v) is 3.19. The number of rotatable bonds is 5. The van der Waals surface area contributed by atoms with Gasteiger partial charge >= 0.3 is 0 Å². The maximum absolute atomic E-state index is 5.89. The lowest BCUT2D eigenvalue weighted by atomic mass is 9.84. The Morgan fingerprint density at radius 2 is 2.00 bits per heavy atom. The molecule has 1 aromatic heterocycles. The van der Waals surface area contributed by atoms with E-state index in [1.807, 2.05) is 16.9 Å². The molecule has 4 nitrogen and oxygen atoms in total. The summed E-state index contributed by atoms with van der Waals surface area (Å²) in [7, 11) is 0. The first-order valence-corrected chi connectivity index (χ1v) is 7.88. The molecule has 1 aliphatic rings. The maximum Gasteiger partial charge on any atom is 0.0728 e. The van der Waals surface area contributed by atoms with E-state index in [1.54, 1.807) is 0 Å². The second kappa shape index (κ2) is 6.76. The zero-order chi connectivity index (χ0) is 14.5. The lowest BCUT2D eigenvalue weighted by molar-refractivity contribution is 0.332. The predicted molar refractivity (Wildman–Crippen MR) is 86.2 cm³/mol. The third kappa shape index (κ3) is 3.64. The van der Waals surface area contributed by atoms with Crippen LogP contribution in [0.5, 0.6) is 0 Å². The van der Waals surface area contributed by atoms with Gasteiger partial charge in [-0.15, -0.1) is 0 Å². The van der Waals surface area contributed by atoms with E-state index in [2.05, 4.69) is 40.9 Å². The Hall–Kier alpha value is -1.81. The first-order chi connectivity index (χ1) is 10.3. The Morgan fingerprint density at radius 1 is 1.19 bits per heavy atom. The lowest BCUT2D eigenvalue weighted by Gasteiger charge is -2.31. The SMILES string of the molecule is NCC1CCCCC1Nc1cnn(Cc2ccccc2)c1. The zero-order valence-electron chi connectivity index (χ0n) is 12.4. The van der Waals surface area contributed by atoms with Crippen molar-refractivity contribution in [3.63, 3.8) is 0 Å². The van der Waals surface area contributed by atoms with Crippen molar-refractivity contribution in [2.24, 2.45) is 11.7 Å². The molecule has 0 radical (unpaired) electrons. The Balaban J connectivity index is 1.62. The summed E-state index contributed by atoms with van der Waals surface area (Å²) >= 11 is 0. The molecule has 1 saturated carbocycles. The smallest absolute Gasteiger partial charge is 0.0728 e. The van der Waals surface area contributed by atoms with Gasteiger partial charge in [-0.1, -0.05) is 43.2 Å². The molecule has 1 heterocycles. The molecule has 2 aromatic rings. The highest BCUT2D eigenvalue weighted by atomic mass is 15.3. The van der Waals surface area contributed by atoms with Gasteiger partial charge in [0.25, 0.3) is 0 Å². The van der Waals surface area contributed by atoms with Crippen LogP contribution in [0.3, 0.4) is 0 Å². The standard InChI is InChI=1S/C17H24N4/c18-10-15-8-4-5-9-17(15)20-16-11-19-21(13-16)12-14-6-2-1-3-7-14/h1-3,6-7,11,13,15,17,20H,4-5,8-10,12,18H2. The van der Waals surface area contributed by atoms with Crippen molar-refractivity contribution >= 4 is 5.69 Å². The van der Waals surface area contributed by atoms with E-state index in [1.165, 1.54) is 31.2 Å². The molecule has 0 aliphatic heterocycles. The van der Waals surface area contributed by atoms with Gasteiger partial charge in [0.2, 0.25) is 0 Å². The van der Waals surface area contributed by atoms with Crippen molar-refractivity contribution < 1.29 is 0 Å². The molecule has 1 aliphatic carbocycles. The van der Waals surface area contributed by atoms with Gasteiger partial charge in [0, 0.05) is 12.2 Å². The van der Waals surface area contributed by atoms with E-state index in [9.17, 15) is 0 Å². The van der Waals surface area contributed by atoms with Crippen molar-refractivity contribution in [3.05, 3.63) is 48.3 Å². The molecular formula is C17H24N4. The van der Waals surface area contributed by atoms with Crippen LogP contribution in [-0.2, 0) is 6.54 Å². The largest absolute Gasteiger partial charge is 0.379 e. The summed E-state index contributed by atoms with van der Waals surface area (Å²) in [6, 6.07) is 10.9. The Kier molecular flexibility index (Phi) is 4.55. The van der Waals surface area contributed by atoms with Crippen LogP contribution in [-0.4, -0.2) is 22.4 Å². The molecule has 0 amide bonds. The van der Waals surface area contributed by atoms with Crippen molar-refractivity contribution in [1.29, 1.82) is 0 Å². The summed E-state index contributed by atoms with van der Waals surface area (Å²) in [5.41, 5.74) is 8.27. The quantitative estimate of drug-likeness (QED) is 0.887. The van der Waals surface area contributed by atoms with E-state index in [0.717, 1.165) is 18.8 Å². The molecule has 0 spiro atoms. The van der Waals surface area contributed by atoms with Crippen LogP contribution in [0, 0.1) is 5.92 Å². The summed E-state index contributed by atoms with van der Waals surface area (Å²) in [5, 5.41) is 8.08. The first kappa shape index (κ1) is 14.1. The molecule has 1 aromatic carbocycles. The van der Waals surface area contributed by atoms with E-state index < -0.39 is 0 Å². The number of nitrogens with zero attached hydrogens (tertiary/aromatic N) is 2. The van der Waals surface area contributed by atoms with Gasteiger partial charge in [-0.05, 0) is 30.9 Å². The number of hydrogen-bond acceptors (Lipinski definition) is 3. The van der Waals surface area contributed by atoms with Gasteiger partial charge < -0.3 is 11.1 Å². The highest BCUT2D eigenvalue weighted by Crippen LogP contribution is 2.26. The normalized spacial score (nSPS) is 22.1. The number of nitrogens with one attached hydrogen (secondary N) is 1. The minimum absolute atomic E-state index is 0.498. The summed E-state index contributed by atoms with van der Waals surface area (Å²) in [6.45, 7) is 1.59. The van der Waals surface area contributed by atoms with E-state index in [4.69, 9.17) is 5.73 Å². The molecule has 112 valence electrons. The number of hydrogen-bond donors (Lipinski definition) is 2. The highest BCUT2D eigenvalue weighted by molar-refractivity contribution is 5.40. The molecule has 21 heavy (non-hydrogen) atoms. The maximum atomic E-state index is 5.89. The predicted octanol–water partition coefficient (Wildman–Crippen LogP) is 2.86.